The minimum absolute atomic E-state index is 0.0229. The Morgan fingerprint density at radius 3 is 2.32 bits per heavy atom. The number of nitrogens with one attached hydrogen (secondary N) is 3. The summed E-state index contributed by atoms with van der Waals surface area (Å²) in [5.41, 5.74) is 2.21. The minimum Gasteiger partial charge on any atom is -0.355 e. The van der Waals surface area contributed by atoms with Gasteiger partial charge in [0, 0.05) is 58.7 Å². The summed E-state index contributed by atoms with van der Waals surface area (Å²) in [6.07, 6.45) is 3.16. The van der Waals surface area contributed by atoms with Crippen molar-refractivity contribution < 1.29 is 9.59 Å². The molecular weight excluding hydrogens is 356 g/mol. The molecule has 2 rings (SSSR count). The van der Waals surface area contributed by atoms with E-state index >= 15 is 0 Å². The molecule has 28 heavy (non-hydrogen) atoms. The first-order chi connectivity index (χ1) is 13.5. The number of guanidine groups is 1. The van der Waals surface area contributed by atoms with Crippen molar-refractivity contribution in [2.45, 2.75) is 6.54 Å². The van der Waals surface area contributed by atoms with Crippen molar-refractivity contribution in [1.82, 2.24) is 25.8 Å². The SMILES string of the molecule is CN=C(NCCNC(=O)c1cccnc1)NCc1ccc(C(=O)N(C)C)cc1. The number of pyridine rings is 1. The van der Waals surface area contributed by atoms with Crippen LogP contribution in [0.3, 0.4) is 0 Å². The quantitative estimate of drug-likeness (QED) is 0.375. The van der Waals surface area contributed by atoms with Gasteiger partial charge >= 0.3 is 0 Å². The van der Waals surface area contributed by atoms with E-state index in [1.165, 1.54) is 6.20 Å². The van der Waals surface area contributed by atoms with Crippen LogP contribution in [0.1, 0.15) is 26.3 Å². The van der Waals surface area contributed by atoms with Crippen molar-refractivity contribution >= 4 is 17.8 Å². The molecule has 0 saturated heterocycles. The van der Waals surface area contributed by atoms with Crippen LogP contribution in [0.5, 0.6) is 0 Å². The maximum atomic E-state index is 11.9. The summed E-state index contributed by atoms with van der Waals surface area (Å²) in [4.78, 5) is 33.5. The molecule has 0 aliphatic carbocycles. The Balaban J connectivity index is 1.73. The molecule has 2 aromatic rings. The van der Waals surface area contributed by atoms with Gasteiger partial charge in [0.05, 0.1) is 5.56 Å². The van der Waals surface area contributed by atoms with Crippen LogP contribution < -0.4 is 16.0 Å². The molecule has 0 spiro atoms. The smallest absolute Gasteiger partial charge is 0.253 e. The van der Waals surface area contributed by atoms with E-state index in [9.17, 15) is 9.59 Å². The van der Waals surface area contributed by atoms with Crippen molar-refractivity contribution in [2.24, 2.45) is 4.99 Å². The van der Waals surface area contributed by atoms with E-state index in [1.807, 2.05) is 24.3 Å². The number of rotatable bonds is 7. The Morgan fingerprint density at radius 1 is 1.00 bits per heavy atom. The first-order valence-corrected chi connectivity index (χ1v) is 8.94. The maximum absolute atomic E-state index is 11.9. The monoisotopic (exact) mass is 382 g/mol. The molecule has 8 heteroatoms. The van der Waals surface area contributed by atoms with E-state index in [-0.39, 0.29) is 11.8 Å². The molecule has 0 aliphatic rings. The standard InChI is InChI=1S/C20H26N6O2/c1-21-20(24-12-11-23-18(27)17-5-4-10-22-14-17)25-13-15-6-8-16(9-7-15)19(28)26(2)3/h4-10,14H,11-13H2,1-3H3,(H,23,27)(H2,21,24,25). The lowest BCUT2D eigenvalue weighted by molar-refractivity contribution is 0.0827. The average molecular weight is 382 g/mol. The van der Waals surface area contributed by atoms with E-state index in [0.29, 0.717) is 36.7 Å². The average Bonchev–Trinajstić information content (AvgIpc) is 2.73. The summed E-state index contributed by atoms with van der Waals surface area (Å²) in [6, 6.07) is 10.9. The minimum atomic E-state index is -0.162. The number of amides is 2. The molecule has 0 fully saturated rings. The number of benzene rings is 1. The van der Waals surface area contributed by atoms with Crippen LogP contribution in [0.2, 0.25) is 0 Å². The predicted molar refractivity (Wildman–Crippen MR) is 109 cm³/mol. The van der Waals surface area contributed by atoms with Gasteiger partial charge in [0.15, 0.2) is 5.96 Å². The van der Waals surface area contributed by atoms with Gasteiger partial charge < -0.3 is 20.9 Å². The lowest BCUT2D eigenvalue weighted by Gasteiger charge is -2.13. The zero-order valence-electron chi connectivity index (χ0n) is 16.4. The molecule has 0 radical (unpaired) electrons. The number of hydrogen-bond donors (Lipinski definition) is 3. The van der Waals surface area contributed by atoms with Crippen LogP contribution in [0, 0.1) is 0 Å². The van der Waals surface area contributed by atoms with Crippen molar-refractivity contribution in [2.75, 3.05) is 34.2 Å². The number of carbonyl (C=O) groups is 2. The molecule has 148 valence electrons. The van der Waals surface area contributed by atoms with Gasteiger partial charge in [-0.1, -0.05) is 12.1 Å². The van der Waals surface area contributed by atoms with E-state index < -0.39 is 0 Å². The number of hydrogen-bond acceptors (Lipinski definition) is 4. The lowest BCUT2D eigenvalue weighted by atomic mass is 10.1. The van der Waals surface area contributed by atoms with Crippen LogP contribution in [0.4, 0.5) is 0 Å². The lowest BCUT2D eigenvalue weighted by Crippen LogP contribution is -2.41. The number of nitrogens with zero attached hydrogens (tertiary/aromatic N) is 3. The molecule has 0 saturated carbocycles. The van der Waals surface area contributed by atoms with Crippen LogP contribution >= 0.6 is 0 Å². The highest BCUT2D eigenvalue weighted by atomic mass is 16.2. The second-order valence-corrected chi connectivity index (χ2v) is 6.25. The summed E-state index contributed by atoms with van der Waals surface area (Å²) in [7, 11) is 5.14. The zero-order valence-corrected chi connectivity index (χ0v) is 16.4. The molecule has 1 aromatic heterocycles. The molecular formula is C20H26N6O2. The Morgan fingerprint density at radius 2 is 1.71 bits per heavy atom. The molecule has 1 aromatic carbocycles. The van der Waals surface area contributed by atoms with Gasteiger partial charge in [0.1, 0.15) is 0 Å². The molecule has 0 unspecified atom stereocenters. The maximum Gasteiger partial charge on any atom is 0.253 e. The molecule has 8 nitrogen and oxygen atoms in total. The van der Waals surface area contributed by atoms with Gasteiger partial charge in [0.25, 0.3) is 11.8 Å². The van der Waals surface area contributed by atoms with Crippen molar-refractivity contribution in [3.8, 4) is 0 Å². The highest BCUT2D eigenvalue weighted by Crippen LogP contribution is 2.06. The molecule has 0 aliphatic heterocycles. The number of aromatic nitrogens is 1. The molecule has 2 amide bonds. The summed E-state index contributed by atoms with van der Waals surface area (Å²) < 4.78 is 0. The van der Waals surface area contributed by atoms with Crippen molar-refractivity contribution in [1.29, 1.82) is 0 Å². The molecule has 0 bridgehead atoms. The van der Waals surface area contributed by atoms with Crippen molar-refractivity contribution in [3.05, 3.63) is 65.5 Å². The highest BCUT2D eigenvalue weighted by molar-refractivity contribution is 5.94. The summed E-state index contributed by atoms with van der Waals surface area (Å²) in [5.74, 6) is 0.444. The topological polar surface area (TPSA) is 98.7 Å². The summed E-state index contributed by atoms with van der Waals surface area (Å²) in [6.45, 7) is 1.55. The van der Waals surface area contributed by atoms with Gasteiger partial charge in [-0.15, -0.1) is 0 Å². The third kappa shape index (κ3) is 6.39. The van der Waals surface area contributed by atoms with E-state index in [0.717, 1.165) is 5.56 Å². The van der Waals surface area contributed by atoms with Gasteiger partial charge in [0.2, 0.25) is 0 Å². The van der Waals surface area contributed by atoms with Gasteiger partial charge in [-0.2, -0.15) is 0 Å². The molecule has 1 heterocycles. The third-order valence-corrected chi connectivity index (χ3v) is 3.92. The Hall–Kier alpha value is -3.42. The zero-order chi connectivity index (χ0) is 20.4. The van der Waals surface area contributed by atoms with Crippen LogP contribution in [-0.2, 0) is 6.54 Å². The second-order valence-electron chi connectivity index (χ2n) is 6.25. The van der Waals surface area contributed by atoms with Gasteiger partial charge in [-0.25, -0.2) is 0 Å². The fraction of sp³-hybridized carbons (Fsp3) is 0.300. The van der Waals surface area contributed by atoms with E-state index in [4.69, 9.17) is 0 Å². The van der Waals surface area contributed by atoms with Crippen molar-refractivity contribution in [3.63, 3.8) is 0 Å². The fourth-order valence-corrected chi connectivity index (χ4v) is 2.39. The first kappa shape index (κ1) is 20.9. The molecule has 0 atom stereocenters. The highest BCUT2D eigenvalue weighted by Gasteiger charge is 2.07. The van der Waals surface area contributed by atoms with Crippen LogP contribution in [0.25, 0.3) is 0 Å². The Labute approximate surface area is 165 Å². The molecule has 3 N–H and O–H groups in total. The van der Waals surface area contributed by atoms with Gasteiger partial charge in [-0.05, 0) is 29.8 Å². The summed E-state index contributed by atoms with van der Waals surface area (Å²) >= 11 is 0. The van der Waals surface area contributed by atoms with Gasteiger partial charge in [-0.3, -0.25) is 19.6 Å². The predicted octanol–water partition coefficient (Wildman–Crippen LogP) is 0.878. The second kappa shape index (κ2) is 10.7. The Bertz CT molecular complexity index is 803. The third-order valence-electron chi connectivity index (χ3n) is 3.92. The van der Waals surface area contributed by atoms with Crippen LogP contribution in [0.15, 0.2) is 53.8 Å². The Kier molecular flexibility index (Phi) is 7.95. The number of carbonyl (C=O) groups excluding carboxylic acids is 2. The van der Waals surface area contributed by atoms with E-state index in [2.05, 4.69) is 25.9 Å². The summed E-state index contributed by atoms with van der Waals surface area (Å²) in [5, 5.41) is 9.15. The largest absolute Gasteiger partial charge is 0.355 e. The normalized spacial score (nSPS) is 10.9. The fourth-order valence-electron chi connectivity index (χ4n) is 2.39. The number of aliphatic imine (C=N–C) groups is 1. The van der Waals surface area contributed by atoms with Crippen LogP contribution in [-0.4, -0.2) is 61.9 Å². The first-order valence-electron chi connectivity index (χ1n) is 8.94. The van der Waals surface area contributed by atoms with E-state index in [1.54, 1.807) is 44.4 Å².